The maximum atomic E-state index is 12.9. The maximum absolute atomic E-state index is 12.9. The Balaban J connectivity index is 1.18. The first kappa shape index (κ1) is 21.8. The Bertz CT molecular complexity index is 1050. The highest BCUT2D eigenvalue weighted by Crippen LogP contribution is 2.28. The molecule has 2 aromatic rings. The van der Waals surface area contributed by atoms with E-state index in [1.54, 1.807) is 4.90 Å². The Labute approximate surface area is 194 Å². The Morgan fingerprint density at radius 1 is 1.00 bits per heavy atom. The summed E-state index contributed by atoms with van der Waals surface area (Å²) in [6.07, 6.45) is 3.01. The predicted molar refractivity (Wildman–Crippen MR) is 124 cm³/mol. The van der Waals surface area contributed by atoms with Crippen LogP contribution in [-0.4, -0.2) is 52.7 Å². The number of nitrogens with one attached hydrogen (secondary N) is 2. The molecule has 0 aromatic heterocycles. The van der Waals surface area contributed by atoms with Crippen molar-refractivity contribution in [3.05, 3.63) is 70.8 Å². The average molecular weight is 447 g/mol. The molecule has 2 N–H and O–H groups in total. The Morgan fingerprint density at radius 3 is 2.67 bits per heavy atom. The van der Waals surface area contributed by atoms with Crippen molar-refractivity contribution in [2.75, 3.05) is 13.1 Å². The summed E-state index contributed by atoms with van der Waals surface area (Å²) in [5, 5.41) is 6.06. The lowest BCUT2D eigenvalue weighted by Crippen LogP contribution is -2.52. The van der Waals surface area contributed by atoms with Gasteiger partial charge in [-0.1, -0.05) is 42.5 Å². The summed E-state index contributed by atoms with van der Waals surface area (Å²) in [5.41, 5.74) is 4.11. The standard InChI is InChI=1S/C26H30N4O3/c31-24-11-10-23(25(32)28-24)30-16-20-13-19(8-9-22(20)26(30)33)14-27-21-7-4-12-29(17-21)15-18-5-2-1-3-6-18/h1-3,5-6,8-9,13,21,23,27H,4,7,10-12,14-17H2,(H,28,31,32)/t21-,23?/m1/s1. The lowest BCUT2D eigenvalue weighted by molar-refractivity contribution is -0.136. The van der Waals surface area contributed by atoms with Crippen molar-refractivity contribution >= 4 is 17.7 Å². The van der Waals surface area contributed by atoms with E-state index in [4.69, 9.17) is 0 Å². The van der Waals surface area contributed by atoms with Crippen molar-refractivity contribution in [1.82, 2.24) is 20.4 Å². The molecule has 7 heteroatoms. The Morgan fingerprint density at radius 2 is 1.85 bits per heavy atom. The van der Waals surface area contributed by atoms with Gasteiger partial charge in [0, 0.05) is 44.2 Å². The van der Waals surface area contributed by atoms with Crippen LogP contribution < -0.4 is 10.6 Å². The number of piperidine rings is 2. The van der Waals surface area contributed by atoms with E-state index in [1.165, 1.54) is 12.0 Å². The van der Waals surface area contributed by atoms with Crippen LogP contribution in [0.15, 0.2) is 48.5 Å². The summed E-state index contributed by atoms with van der Waals surface area (Å²) in [5.74, 6) is -0.756. The third-order valence-corrected chi connectivity index (χ3v) is 6.94. The molecule has 3 aliphatic rings. The highest BCUT2D eigenvalue weighted by atomic mass is 16.2. The van der Waals surface area contributed by atoms with Gasteiger partial charge in [-0.05, 0) is 48.6 Å². The molecule has 3 heterocycles. The van der Waals surface area contributed by atoms with Crippen molar-refractivity contribution in [2.45, 2.75) is 57.4 Å². The van der Waals surface area contributed by atoms with Gasteiger partial charge in [0.25, 0.3) is 5.91 Å². The molecule has 2 fully saturated rings. The minimum absolute atomic E-state index is 0.122. The van der Waals surface area contributed by atoms with E-state index < -0.39 is 6.04 Å². The SMILES string of the molecule is O=C1CCC(N2Cc3cc(CN[C@@H]4CCCN(Cc5ccccc5)C4)ccc3C2=O)C(=O)N1. The number of carbonyl (C=O) groups is 3. The van der Waals surface area contributed by atoms with Crippen molar-refractivity contribution in [2.24, 2.45) is 0 Å². The van der Waals surface area contributed by atoms with Crippen molar-refractivity contribution in [3.8, 4) is 0 Å². The quantitative estimate of drug-likeness (QED) is 0.665. The fourth-order valence-electron chi connectivity index (χ4n) is 5.21. The third kappa shape index (κ3) is 4.84. The summed E-state index contributed by atoms with van der Waals surface area (Å²) in [6.45, 7) is 4.31. The molecule has 7 nitrogen and oxygen atoms in total. The molecule has 2 saturated heterocycles. The van der Waals surface area contributed by atoms with E-state index >= 15 is 0 Å². The number of amides is 3. The van der Waals surface area contributed by atoms with Crippen molar-refractivity contribution < 1.29 is 14.4 Å². The molecule has 3 amide bonds. The zero-order valence-electron chi connectivity index (χ0n) is 18.8. The predicted octanol–water partition coefficient (Wildman–Crippen LogP) is 2.20. The largest absolute Gasteiger partial charge is 0.322 e. The number of imide groups is 1. The van der Waals surface area contributed by atoms with Crippen molar-refractivity contribution in [1.29, 1.82) is 0 Å². The summed E-state index contributed by atoms with van der Waals surface area (Å²) in [7, 11) is 0. The van der Waals surface area contributed by atoms with E-state index in [0.29, 0.717) is 24.6 Å². The maximum Gasteiger partial charge on any atom is 0.255 e. The van der Waals surface area contributed by atoms with Gasteiger partial charge in [-0.25, -0.2) is 0 Å². The molecule has 1 unspecified atom stereocenters. The molecule has 2 aromatic carbocycles. The first-order chi connectivity index (χ1) is 16.1. The van der Waals surface area contributed by atoms with Crippen LogP contribution in [0.1, 0.15) is 52.7 Å². The number of rotatable bonds is 6. The highest BCUT2D eigenvalue weighted by Gasteiger charge is 2.39. The van der Waals surface area contributed by atoms with E-state index in [-0.39, 0.29) is 24.1 Å². The van der Waals surface area contributed by atoms with Crippen LogP contribution in [0.25, 0.3) is 0 Å². The smallest absolute Gasteiger partial charge is 0.255 e. The van der Waals surface area contributed by atoms with Crippen LogP contribution in [0.5, 0.6) is 0 Å². The molecule has 0 spiro atoms. The lowest BCUT2D eigenvalue weighted by Gasteiger charge is -2.33. The van der Waals surface area contributed by atoms with Crippen LogP contribution in [0.2, 0.25) is 0 Å². The summed E-state index contributed by atoms with van der Waals surface area (Å²) < 4.78 is 0. The van der Waals surface area contributed by atoms with E-state index in [0.717, 1.165) is 43.7 Å². The van der Waals surface area contributed by atoms with E-state index in [1.807, 2.05) is 12.1 Å². The van der Waals surface area contributed by atoms with Gasteiger partial charge >= 0.3 is 0 Å². The average Bonchev–Trinajstić information content (AvgIpc) is 3.14. The number of carbonyl (C=O) groups excluding carboxylic acids is 3. The first-order valence-corrected chi connectivity index (χ1v) is 11.8. The summed E-state index contributed by atoms with van der Waals surface area (Å²) in [4.78, 5) is 40.7. The van der Waals surface area contributed by atoms with Gasteiger partial charge in [-0.3, -0.25) is 24.6 Å². The molecule has 172 valence electrons. The Hall–Kier alpha value is -3.03. The number of benzene rings is 2. The van der Waals surface area contributed by atoms with Gasteiger partial charge in [-0.15, -0.1) is 0 Å². The second-order valence-electron chi connectivity index (χ2n) is 9.33. The molecular formula is C26H30N4O3. The minimum atomic E-state index is -0.568. The van der Waals surface area contributed by atoms with Gasteiger partial charge in [0.2, 0.25) is 11.8 Å². The number of hydrogen-bond donors (Lipinski definition) is 2. The number of nitrogens with zero attached hydrogens (tertiary/aromatic N) is 2. The molecule has 5 rings (SSSR count). The molecule has 3 aliphatic heterocycles. The molecular weight excluding hydrogens is 416 g/mol. The monoisotopic (exact) mass is 446 g/mol. The summed E-state index contributed by atoms with van der Waals surface area (Å²) in [6, 6.07) is 16.4. The van der Waals surface area contributed by atoms with Gasteiger partial charge in [0.1, 0.15) is 6.04 Å². The second-order valence-corrected chi connectivity index (χ2v) is 9.33. The Kier molecular flexibility index (Phi) is 6.24. The van der Waals surface area contributed by atoms with E-state index in [9.17, 15) is 14.4 Å². The second kappa shape index (κ2) is 9.45. The fraction of sp³-hybridized carbons (Fsp3) is 0.423. The molecule has 0 saturated carbocycles. The normalized spacial score (nSPS) is 23.5. The molecule has 2 atom stereocenters. The third-order valence-electron chi connectivity index (χ3n) is 6.94. The van der Waals surface area contributed by atoms with Crippen LogP contribution in [0, 0.1) is 0 Å². The summed E-state index contributed by atoms with van der Waals surface area (Å²) >= 11 is 0. The van der Waals surface area contributed by atoms with Gasteiger partial charge in [0.15, 0.2) is 0 Å². The molecule has 33 heavy (non-hydrogen) atoms. The molecule has 0 bridgehead atoms. The van der Waals surface area contributed by atoms with Crippen LogP contribution in [0.3, 0.4) is 0 Å². The highest BCUT2D eigenvalue weighted by molar-refractivity contribution is 6.05. The van der Waals surface area contributed by atoms with Crippen LogP contribution in [0.4, 0.5) is 0 Å². The van der Waals surface area contributed by atoms with Crippen LogP contribution in [-0.2, 0) is 29.2 Å². The van der Waals surface area contributed by atoms with Gasteiger partial charge < -0.3 is 10.2 Å². The minimum Gasteiger partial charge on any atom is -0.322 e. The topological polar surface area (TPSA) is 81.8 Å². The van der Waals surface area contributed by atoms with E-state index in [2.05, 4.69) is 51.9 Å². The molecule has 0 aliphatic carbocycles. The number of likely N-dealkylation sites (tertiary alicyclic amines) is 1. The number of fused-ring (bicyclic) bond motifs is 1. The first-order valence-electron chi connectivity index (χ1n) is 11.8. The molecule has 0 radical (unpaired) electrons. The zero-order valence-corrected chi connectivity index (χ0v) is 18.8. The van der Waals surface area contributed by atoms with Gasteiger partial charge in [0.05, 0.1) is 0 Å². The number of hydrogen-bond acceptors (Lipinski definition) is 5. The van der Waals surface area contributed by atoms with Gasteiger partial charge in [-0.2, -0.15) is 0 Å². The fourth-order valence-corrected chi connectivity index (χ4v) is 5.21. The van der Waals surface area contributed by atoms with Crippen LogP contribution >= 0.6 is 0 Å². The lowest BCUT2D eigenvalue weighted by atomic mass is 10.0. The van der Waals surface area contributed by atoms with Crippen molar-refractivity contribution in [3.63, 3.8) is 0 Å². The zero-order chi connectivity index (χ0) is 22.8.